The summed E-state index contributed by atoms with van der Waals surface area (Å²) >= 11 is 12.7. The summed E-state index contributed by atoms with van der Waals surface area (Å²) in [5.74, 6) is 4.37. The van der Waals surface area contributed by atoms with E-state index >= 15 is 0 Å². The number of hydrogen-bond donors (Lipinski definition) is 7. The minimum Gasteiger partial charge on any atom is -0.372 e. The molecule has 5 aliphatic rings. The zero-order valence-electron chi connectivity index (χ0n) is 61.9. The number of nitrogens with zero attached hydrogens (tertiary/aromatic N) is 13. The van der Waals surface area contributed by atoms with Crippen molar-refractivity contribution in [2.75, 3.05) is 152 Å². The van der Waals surface area contributed by atoms with E-state index in [2.05, 4.69) is 220 Å². The molecule has 4 aromatic heterocycles. The van der Waals surface area contributed by atoms with Gasteiger partial charge in [-0.1, -0.05) is 84.7 Å². The van der Waals surface area contributed by atoms with Crippen LogP contribution >= 0.6 is 23.2 Å². The molecule has 20 nitrogen and oxygen atoms in total. The third-order valence-electron chi connectivity index (χ3n) is 21.4. The van der Waals surface area contributed by atoms with Gasteiger partial charge < -0.3 is 61.4 Å². The number of halogens is 2. The summed E-state index contributed by atoms with van der Waals surface area (Å²) in [4.78, 5) is 48.6. The first-order valence-electron chi connectivity index (χ1n) is 37.1. The maximum atomic E-state index is 6.38. The number of para-hydroxylation sites is 3. The lowest BCUT2D eigenvalue weighted by Crippen LogP contribution is -2.52. The highest BCUT2D eigenvalue weighted by Gasteiger charge is 2.29. The normalized spacial score (nSPS) is 16.9. The van der Waals surface area contributed by atoms with E-state index in [1.165, 1.54) is 125 Å². The molecule has 22 heteroatoms. The molecule has 0 aliphatic carbocycles. The zero-order chi connectivity index (χ0) is 72.2. The molecule has 0 atom stereocenters. The minimum atomic E-state index is 0.482. The molecule has 5 fully saturated rings. The highest BCUT2D eigenvalue weighted by atomic mass is 35.5. The Kier molecular flexibility index (Phi) is 23.9. The number of likely N-dealkylation sites (N-methyl/N-ethyl adjacent to an activating group) is 2. The van der Waals surface area contributed by atoms with E-state index in [1.54, 1.807) is 12.4 Å². The highest BCUT2D eigenvalue weighted by Crippen LogP contribution is 2.36. The second kappa shape index (κ2) is 34.1. The van der Waals surface area contributed by atoms with Gasteiger partial charge in [0.25, 0.3) is 0 Å². The van der Waals surface area contributed by atoms with Crippen LogP contribution in [0, 0.1) is 47.5 Å². The van der Waals surface area contributed by atoms with Crippen molar-refractivity contribution in [1.29, 1.82) is 0 Å². The summed E-state index contributed by atoms with van der Waals surface area (Å²) in [5.41, 5.74) is 17.6. The Morgan fingerprint density at radius 2 is 0.712 bits per heavy atom. The minimum absolute atomic E-state index is 0.482. The summed E-state index contributed by atoms with van der Waals surface area (Å²) < 4.78 is 0. The predicted molar refractivity (Wildman–Crippen MR) is 434 cm³/mol. The van der Waals surface area contributed by atoms with Crippen LogP contribution in [0.25, 0.3) is 11.0 Å². The third kappa shape index (κ3) is 18.6. The van der Waals surface area contributed by atoms with E-state index in [0.717, 1.165) is 125 Å². The van der Waals surface area contributed by atoms with Crippen LogP contribution in [0.15, 0.2) is 152 Å². The van der Waals surface area contributed by atoms with Gasteiger partial charge in [-0.05, 0) is 212 Å². The summed E-state index contributed by atoms with van der Waals surface area (Å²) in [5, 5.41) is 22.2. The van der Waals surface area contributed by atoms with Crippen molar-refractivity contribution in [3.63, 3.8) is 0 Å². The second-order valence-corrected chi connectivity index (χ2v) is 29.7. The van der Waals surface area contributed by atoms with Crippen molar-refractivity contribution in [2.24, 2.45) is 5.92 Å². The summed E-state index contributed by atoms with van der Waals surface area (Å²) in [7, 11) is 4.45. The number of hydrogen-bond acceptors (Lipinski definition) is 19. The maximum Gasteiger partial charge on any atom is 0.231 e. The molecule has 7 N–H and O–H groups in total. The van der Waals surface area contributed by atoms with E-state index < -0.39 is 0 Å². The number of aromatic nitrogens is 7. The van der Waals surface area contributed by atoms with Gasteiger partial charge in [-0.2, -0.15) is 19.9 Å². The molecule has 0 saturated carbocycles. The molecule has 0 unspecified atom stereocenters. The first-order valence-corrected chi connectivity index (χ1v) is 37.9. The average Bonchev–Trinajstić information content (AvgIpc) is 1.07. The Bertz CT molecular complexity index is 4510. The van der Waals surface area contributed by atoms with Crippen LogP contribution in [-0.4, -0.2) is 172 Å². The molecule has 15 rings (SSSR count). The van der Waals surface area contributed by atoms with Crippen molar-refractivity contribution in [3.8, 4) is 0 Å². The smallest absolute Gasteiger partial charge is 0.231 e. The van der Waals surface area contributed by atoms with Gasteiger partial charge in [0, 0.05) is 161 Å². The van der Waals surface area contributed by atoms with Gasteiger partial charge in [-0.15, -0.1) is 0 Å². The molecule has 0 amide bonds. The van der Waals surface area contributed by atoms with Crippen LogP contribution in [0.4, 0.5) is 86.5 Å². The molecule has 5 aliphatic heterocycles. The fraction of sp³-hybridized carbons (Fsp3) is 0.390. The van der Waals surface area contributed by atoms with E-state index in [4.69, 9.17) is 33.2 Å². The number of nitrogens with one attached hydrogen (secondary N) is 7. The Morgan fingerprint density at radius 1 is 0.365 bits per heavy atom. The SMILES string of the molecule is Cc1cc(N2CCC(C)CC2)ccc1Nc1ncc(Cl)c(Nc2ccccc2C)n1.Cc1cc(N2CCC(N3CCN(C)CC3)CC2)ccc1Nc1nc(Nc2ccccc2C)c2cc[nH]c2n1.Cc1cc(N2CCC(N3CCN(C)CC3)CC2)ccc1Nc1ncc(Cl)c(Nc2ccccc2C)n1. The Hall–Kier alpha value is -9.28. The predicted octanol–water partition coefficient (Wildman–Crippen LogP) is 17.2. The maximum absolute atomic E-state index is 6.38. The highest BCUT2D eigenvalue weighted by molar-refractivity contribution is 6.33. The van der Waals surface area contributed by atoms with Gasteiger partial charge in [-0.25, -0.2) is 9.97 Å². The van der Waals surface area contributed by atoms with Crippen molar-refractivity contribution in [2.45, 2.75) is 99.1 Å². The lowest BCUT2D eigenvalue weighted by Gasteiger charge is -2.42. The second-order valence-electron chi connectivity index (χ2n) is 28.9. The first kappa shape index (κ1) is 73.0. The van der Waals surface area contributed by atoms with Gasteiger partial charge in [0.2, 0.25) is 17.8 Å². The van der Waals surface area contributed by atoms with Crippen molar-refractivity contribution in [3.05, 3.63) is 195 Å². The summed E-state index contributed by atoms with van der Waals surface area (Å²) in [6.45, 7) is 31.2. The lowest BCUT2D eigenvalue weighted by atomic mass is 9.98. The number of piperidine rings is 3. The van der Waals surface area contributed by atoms with E-state index in [0.29, 0.717) is 39.5 Å². The standard InChI is InChI=1S/C30H38N8.C28H36ClN7.C24H28ClN5/c1-21-6-4-5-7-26(21)32-29-25-10-13-31-28(25)34-30(35-29)33-27-9-8-24(20-22(27)2)37-14-11-23(12-15-37)38-18-16-36(3)17-19-38;1-20-6-4-5-7-25(20)31-27-24(29)19-30-28(33-27)32-26-9-8-23(18-21(26)2)35-12-10-22(11-13-35)36-16-14-34(3)15-17-36;1-16-10-12-30(13-11-16)19-8-9-22(18(3)14-19)28-24-26-15-20(25)23(29-24)27-21-7-5-4-6-17(21)2/h4-10,13,20,23H,11-12,14-19H2,1-3H3,(H3,31,32,33,34,35);4-9,18-19,22H,10-17H2,1-3H3,(H2,30,31,32,33);4-9,14-16H,10-13H2,1-3H3,(H2,26,27,28,29). The molecule has 0 radical (unpaired) electrons. The van der Waals surface area contributed by atoms with Crippen LogP contribution in [0.5, 0.6) is 0 Å². The molecule has 5 saturated heterocycles. The number of rotatable bonds is 17. The molecule has 10 aromatic rings. The number of anilines is 15. The third-order valence-corrected chi connectivity index (χ3v) is 21.9. The molecule has 0 spiro atoms. The van der Waals surface area contributed by atoms with Gasteiger partial charge in [-0.3, -0.25) is 9.80 Å². The van der Waals surface area contributed by atoms with Crippen molar-refractivity contribution >= 4 is 121 Å². The summed E-state index contributed by atoms with van der Waals surface area (Å²) in [6, 6.07) is 47.6. The zero-order valence-corrected chi connectivity index (χ0v) is 63.4. The van der Waals surface area contributed by atoms with Gasteiger partial charge >= 0.3 is 0 Å². The molecule has 104 heavy (non-hydrogen) atoms. The molecule has 9 heterocycles. The number of aromatic amines is 1. The fourth-order valence-electron chi connectivity index (χ4n) is 14.6. The topological polar surface area (TPSA) is 188 Å². The van der Waals surface area contributed by atoms with Gasteiger partial charge in [0.05, 0.1) is 17.8 Å². The molecular weight excluding hydrogens is 1340 g/mol. The van der Waals surface area contributed by atoms with Gasteiger partial charge in [0.1, 0.15) is 21.5 Å². The number of aryl methyl sites for hydroxylation is 6. The van der Waals surface area contributed by atoms with Crippen LogP contribution in [0.2, 0.25) is 10.0 Å². The number of H-pyrrole nitrogens is 1. The van der Waals surface area contributed by atoms with Crippen LogP contribution in [0.1, 0.15) is 78.8 Å². The largest absolute Gasteiger partial charge is 0.372 e. The molecule has 6 aromatic carbocycles. The van der Waals surface area contributed by atoms with Crippen LogP contribution < -0.4 is 46.6 Å². The monoisotopic (exact) mass is 1440 g/mol. The molecular formula is C82H102Cl2N20. The molecule has 544 valence electrons. The fourth-order valence-corrected chi connectivity index (χ4v) is 14.9. The van der Waals surface area contributed by atoms with Crippen LogP contribution in [0.3, 0.4) is 0 Å². The van der Waals surface area contributed by atoms with Crippen LogP contribution in [-0.2, 0) is 0 Å². The van der Waals surface area contributed by atoms with Gasteiger partial charge in [0.15, 0.2) is 11.6 Å². The van der Waals surface area contributed by atoms with E-state index in [9.17, 15) is 0 Å². The Morgan fingerprint density at radius 3 is 1.10 bits per heavy atom. The average molecular weight is 1440 g/mol. The Labute approximate surface area is 624 Å². The number of fused-ring (bicyclic) bond motifs is 1. The van der Waals surface area contributed by atoms with Crippen molar-refractivity contribution < 1.29 is 0 Å². The molecule has 0 bridgehead atoms. The van der Waals surface area contributed by atoms with E-state index in [1.807, 2.05) is 73.8 Å². The van der Waals surface area contributed by atoms with E-state index in [-0.39, 0.29) is 0 Å². The first-order chi connectivity index (χ1) is 50.5. The number of piperazine rings is 2. The van der Waals surface area contributed by atoms with Crippen molar-refractivity contribution in [1.82, 2.24) is 54.5 Å². The summed E-state index contributed by atoms with van der Waals surface area (Å²) in [6.07, 6.45) is 12.6. The number of benzene rings is 6. The lowest BCUT2D eigenvalue weighted by molar-refractivity contribution is 0.0982. The Balaban J connectivity index is 0.000000140. The quantitative estimate of drug-likeness (QED) is 0.0456.